The lowest BCUT2D eigenvalue weighted by molar-refractivity contribution is 0.599. The molecule has 0 aromatic heterocycles. The number of hydrogen-bond donors (Lipinski definition) is 0. The van der Waals surface area contributed by atoms with Gasteiger partial charge in [-0.25, -0.2) is 8.42 Å². The monoisotopic (exact) mass is 310 g/mol. The largest absolute Gasteiger partial charge is 0.229 e. The molecule has 0 aliphatic heterocycles. The molecule has 0 fully saturated rings. The van der Waals surface area contributed by atoms with Crippen LogP contribution in [0.25, 0.3) is 0 Å². The van der Waals surface area contributed by atoms with Crippen molar-refractivity contribution in [3.8, 4) is 0 Å². The van der Waals surface area contributed by atoms with Crippen molar-refractivity contribution in [3.05, 3.63) is 47.5 Å². The molecular weight excluding hydrogens is 284 g/mol. The third kappa shape index (κ3) is 7.65. The van der Waals surface area contributed by atoms with Crippen LogP contribution >= 0.6 is 0 Å². The summed E-state index contributed by atoms with van der Waals surface area (Å²) in [5.74, 6) is 0.531. The molecule has 0 N–H and O–H groups in total. The fraction of sp³-hybridized carbons (Fsp3) is 0.500. The smallest absolute Gasteiger partial charge is 0.153 e. The molecule has 1 rings (SSSR count). The summed E-state index contributed by atoms with van der Waals surface area (Å²) in [6, 6.07) is 11.0. The zero-order valence-electron chi connectivity index (χ0n) is 13.0. The van der Waals surface area contributed by atoms with Gasteiger partial charge in [0.2, 0.25) is 0 Å². The van der Waals surface area contributed by atoms with Crippen molar-refractivity contribution in [2.75, 3.05) is 11.5 Å². The Hall–Kier alpha value is -0.873. The van der Waals surface area contributed by atoms with E-state index in [9.17, 15) is 8.42 Å². The van der Waals surface area contributed by atoms with Gasteiger partial charge in [-0.1, -0.05) is 61.6 Å². The minimum absolute atomic E-state index is 0.199. The first kappa shape index (κ1) is 17.2. The Balaban J connectivity index is 2.54. The van der Waals surface area contributed by atoms with E-state index in [-0.39, 0.29) is 5.75 Å². The highest BCUT2D eigenvalue weighted by Gasteiger charge is 2.19. The van der Waals surface area contributed by atoms with Gasteiger partial charge in [0.15, 0.2) is 9.84 Å². The van der Waals surface area contributed by atoms with Crippen molar-refractivity contribution in [2.45, 2.75) is 39.0 Å². The van der Waals surface area contributed by atoms with Crippen LogP contribution in [0, 0.1) is 0 Å². The first-order valence-electron chi connectivity index (χ1n) is 7.08. The SMILES string of the molecule is C/C(=C/Cc1ccccc1)CS(=O)(=O)CC[Si](C)(C)C. The van der Waals surface area contributed by atoms with Crippen molar-refractivity contribution in [2.24, 2.45) is 0 Å². The maximum Gasteiger partial charge on any atom is 0.153 e. The molecular formula is C16H26O2SSi. The van der Waals surface area contributed by atoms with Crippen LogP contribution in [0.1, 0.15) is 12.5 Å². The van der Waals surface area contributed by atoms with Crippen LogP contribution < -0.4 is 0 Å². The third-order valence-corrected chi connectivity index (χ3v) is 6.97. The van der Waals surface area contributed by atoms with Gasteiger partial charge < -0.3 is 0 Å². The molecule has 0 spiro atoms. The van der Waals surface area contributed by atoms with Crippen molar-refractivity contribution in [1.29, 1.82) is 0 Å². The molecule has 0 atom stereocenters. The lowest BCUT2D eigenvalue weighted by Gasteiger charge is -2.15. The average molecular weight is 311 g/mol. The maximum absolute atomic E-state index is 12.1. The van der Waals surface area contributed by atoms with E-state index in [1.54, 1.807) is 0 Å². The van der Waals surface area contributed by atoms with Gasteiger partial charge in [-0.05, 0) is 25.0 Å². The molecule has 0 aliphatic carbocycles. The van der Waals surface area contributed by atoms with Crippen LogP contribution in [-0.4, -0.2) is 28.0 Å². The predicted octanol–water partition coefficient (Wildman–Crippen LogP) is 3.93. The standard InChI is InChI=1S/C16H26O2SSi/c1-15(10-11-16-8-6-5-7-9-16)14-19(17,18)12-13-20(2,3)4/h5-10H,11-14H2,1-4H3/b15-10-. The second-order valence-electron chi connectivity index (χ2n) is 6.64. The molecule has 0 bridgehead atoms. The van der Waals surface area contributed by atoms with Crippen molar-refractivity contribution in [3.63, 3.8) is 0 Å². The zero-order valence-corrected chi connectivity index (χ0v) is 14.8. The minimum atomic E-state index is -2.95. The number of rotatable bonds is 7. The molecule has 0 saturated heterocycles. The van der Waals surface area contributed by atoms with E-state index >= 15 is 0 Å². The van der Waals surface area contributed by atoms with Gasteiger partial charge in [0, 0.05) is 13.8 Å². The van der Waals surface area contributed by atoms with Crippen molar-refractivity contribution >= 4 is 17.9 Å². The lowest BCUT2D eigenvalue weighted by Crippen LogP contribution is -2.25. The molecule has 112 valence electrons. The molecule has 0 saturated carbocycles. The van der Waals surface area contributed by atoms with Gasteiger partial charge >= 0.3 is 0 Å². The van der Waals surface area contributed by atoms with Gasteiger partial charge in [0.25, 0.3) is 0 Å². The fourth-order valence-electron chi connectivity index (χ4n) is 1.85. The van der Waals surface area contributed by atoms with E-state index in [2.05, 4.69) is 31.8 Å². The Labute approximate surface area is 124 Å². The highest BCUT2D eigenvalue weighted by atomic mass is 32.2. The Kier molecular flexibility index (Phi) is 6.21. The highest BCUT2D eigenvalue weighted by molar-refractivity contribution is 7.91. The zero-order chi connectivity index (χ0) is 15.2. The quantitative estimate of drug-likeness (QED) is 0.565. The first-order valence-corrected chi connectivity index (χ1v) is 12.6. The second kappa shape index (κ2) is 7.23. The summed E-state index contributed by atoms with van der Waals surface area (Å²) in [4.78, 5) is 0. The summed E-state index contributed by atoms with van der Waals surface area (Å²) in [5, 5.41) is 0. The van der Waals surface area contributed by atoms with E-state index in [0.717, 1.165) is 18.0 Å². The average Bonchev–Trinajstić information content (AvgIpc) is 2.34. The topological polar surface area (TPSA) is 34.1 Å². The number of benzene rings is 1. The van der Waals surface area contributed by atoms with Gasteiger partial charge in [-0.15, -0.1) is 0 Å². The molecule has 1 aromatic carbocycles. The molecule has 0 aliphatic rings. The third-order valence-electron chi connectivity index (χ3n) is 3.14. The number of sulfone groups is 1. The van der Waals surface area contributed by atoms with E-state index in [1.165, 1.54) is 5.56 Å². The van der Waals surface area contributed by atoms with Gasteiger partial charge in [0.1, 0.15) is 0 Å². The van der Waals surface area contributed by atoms with Crippen LogP contribution in [0.4, 0.5) is 0 Å². The maximum atomic E-state index is 12.1. The summed E-state index contributed by atoms with van der Waals surface area (Å²) in [7, 11) is -4.24. The fourth-order valence-corrected chi connectivity index (χ4v) is 6.50. The van der Waals surface area contributed by atoms with Gasteiger partial charge in [-0.3, -0.25) is 0 Å². The summed E-state index contributed by atoms with van der Waals surface area (Å²) in [6.07, 6.45) is 2.83. The summed E-state index contributed by atoms with van der Waals surface area (Å²) >= 11 is 0. The first-order chi connectivity index (χ1) is 9.18. The normalized spacial score (nSPS) is 13.5. The molecule has 1 aromatic rings. The second-order valence-corrected chi connectivity index (χ2v) is 14.4. The predicted molar refractivity (Wildman–Crippen MR) is 90.7 cm³/mol. The molecule has 0 unspecified atom stereocenters. The Bertz CT molecular complexity index is 540. The van der Waals surface area contributed by atoms with Gasteiger partial charge in [-0.2, -0.15) is 0 Å². The Morgan fingerprint density at radius 2 is 1.75 bits per heavy atom. The summed E-state index contributed by atoms with van der Waals surface area (Å²) < 4.78 is 24.2. The molecule has 0 radical (unpaired) electrons. The van der Waals surface area contributed by atoms with E-state index in [1.807, 2.05) is 31.2 Å². The lowest BCUT2D eigenvalue weighted by atomic mass is 10.1. The molecule has 0 heterocycles. The van der Waals surface area contributed by atoms with Crippen LogP contribution in [0.3, 0.4) is 0 Å². The van der Waals surface area contributed by atoms with Crippen LogP contribution in [-0.2, 0) is 16.3 Å². The Morgan fingerprint density at radius 1 is 1.15 bits per heavy atom. The van der Waals surface area contributed by atoms with Crippen molar-refractivity contribution < 1.29 is 8.42 Å². The number of allylic oxidation sites excluding steroid dienone is 1. The van der Waals surface area contributed by atoms with E-state index in [4.69, 9.17) is 0 Å². The molecule has 0 amide bonds. The highest BCUT2D eigenvalue weighted by Crippen LogP contribution is 2.12. The molecule has 20 heavy (non-hydrogen) atoms. The minimum Gasteiger partial charge on any atom is -0.229 e. The molecule has 4 heteroatoms. The van der Waals surface area contributed by atoms with Crippen LogP contribution in [0.5, 0.6) is 0 Å². The summed E-state index contributed by atoms with van der Waals surface area (Å²) in [6.45, 7) is 8.54. The van der Waals surface area contributed by atoms with Crippen molar-refractivity contribution in [1.82, 2.24) is 0 Å². The summed E-state index contributed by atoms with van der Waals surface area (Å²) in [5.41, 5.74) is 2.16. The Morgan fingerprint density at radius 3 is 2.30 bits per heavy atom. The van der Waals surface area contributed by atoms with Gasteiger partial charge in [0.05, 0.1) is 5.75 Å². The van der Waals surface area contributed by atoms with E-state index < -0.39 is 17.9 Å². The van der Waals surface area contributed by atoms with Crippen LogP contribution in [0.2, 0.25) is 25.7 Å². The molecule has 2 nitrogen and oxygen atoms in total. The number of hydrogen-bond acceptors (Lipinski definition) is 2. The van der Waals surface area contributed by atoms with Crippen LogP contribution in [0.15, 0.2) is 42.0 Å². The van der Waals surface area contributed by atoms with E-state index in [0.29, 0.717) is 5.75 Å².